The Morgan fingerprint density at radius 1 is 1.00 bits per heavy atom. The second-order valence-corrected chi connectivity index (χ2v) is 8.83. The van der Waals surface area contributed by atoms with Crippen LogP contribution in [0.4, 0.5) is 17.1 Å². The zero-order valence-electron chi connectivity index (χ0n) is 18.9. The van der Waals surface area contributed by atoms with Gasteiger partial charge in [0.25, 0.3) is 0 Å². The monoisotopic (exact) mass is 474 g/mol. The van der Waals surface area contributed by atoms with E-state index in [1.165, 1.54) is 6.08 Å². The van der Waals surface area contributed by atoms with Crippen LogP contribution in [0.2, 0.25) is 5.02 Å². The average molecular weight is 475 g/mol. The highest BCUT2D eigenvalue weighted by atomic mass is 35.5. The number of likely N-dealkylation sites (tertiary alicyclic amines) is 1. The molecule has 0 bridgehead atoms. The standard InChI is InChI=1S/C27H27ClN4O2/c1-32-17-16-22(27(34)30-21-13-11-20(28)12-14-21)26(32)19-9-6-18(7-10-19)8-15-25(33)31-24-5-3-2-4-23(24)29/h2-15,22,26H,16-17,29H2,1H3,(H,30,34)(H,31,33)/t22-,26?/m0/s1. The largest absolute Gasteiger partial charge is 0.397 e. The van der Waals surface area contributed by atoms with Gasteiger partial charge in [0.1, 0.15) is 0 Å². The molecule has 3 aromatic rings. The van der Waals surface area contributed by atoms with Gasteiger partial charge < -0.3 is 16.4 Å². The van der Waals surface area contributed by atoms with E-state index in [1.807, 2.05) is 43.4 Å². The molecule has 6 nitrogen and oxygen atoms in total. The summed E-state index contributed by atoms with van der Waals surface area (Å²) in [7, 11) is 2.04. The molecule has 0 aromatic heterocycles. The summed E-state index contributed by atoms with van der Waals surface area (Å²) in [6.07, 6.45) is 4.01. The Morgan fingerprint density at radius 2 is 1.71 bits per heavy atom. The summed E-state index contributed by atoms with van der Waals surface area (Å²) in [4.78, 5) is 27.4. The SMILES string of the molecule is CN1CC[C@H](C(=O)Nc2ccc(Cl)cc2)C1c1ccc(C=CC(=O)Nc2ccccc2N)cc1. The van der Waals surface area contributed by atoms with Gasteiger partial charge in [-0.25, -0.2) is 0 Å². The van der Waals surface area contributed by atoms with Crippen LogP contribution in [0.15, 0.2) is 78.9 Å². The Bertz CT molecular complexity index is 1190. The Hall–Kier alpha value is -3.61. The fraction of sp³-hybridized carbons (Fsp3) is 0.185. The molecule has 4 rings (SSSR count). The van der Waals surface area contributed by atoms with E-state index in [2.05, 4.69) is 15.5 Å². The maximum atomic E-state index is 13.0. The number of amides is 2. The van der Waals surface area contributed by atoms with Crippen molar-refractivity contribution in [2.24, 2.45) is 5.92 Å². The Balaban J connectivity index is 1.41. The predicted octanol–water partition coefficient (Wildman–Crippen LogP) is 5.21. The van der Waals surface area contributed by atoms with Gasteiger partial charge in [0.2, 0.25) is 11.8 Å². The van der Waals surface area contributed by atoms with Gasteiger partial charge in [-0.05, 0) is 73.6 Å². The average Bonchev–Trinajstić information content (AvgIpc) is 3.22. The Kier molecular flexibility index (Phi) is 7.30. The van der Waals surface area contributed by atoms with Gasteiger partial charge >= 0.3 is 0 Å². The lowest BCUT2D eigenvalue weighted by Crippen LogP contribution is -2.29. The summed E-state index contributed by atoms with van der Waals surface area (Å²) in [5, 5.41) is 6.42. The van der Waals surface area contributed by atoms with Crippen LogP contribution < -0.4 is 16.4 Å². The molecule has 34 heavy (non-hydrogen) atoms. The lowest BCUT2D eigenvalue weighted by atomic mass is 9.92. The number of nitrogens with two attached hydrogens (primary N) is 1. The fourth-order valence-corrected chi connectivity index (χ4v) is 4.36. The van der Waals surface area contributed by atoms with Crippen molar-refractivity contribution in [2.75, 3.05) is 30.0 Å². The van der Waals surface area contributed by atoms with Crippen LogP contribution in [0.3, 0.4) is 0 Å². The lowest BCUT2D eigenvalue weighted by Gasteiger charge is -2.25. The van der Waals surface area contributed by atoms with Crippen LogP contribution in [-0.4, -0.2) is 30.3 Å². The van der Waals surface area contributed by atoms with Crippen molar-refractivity contribution in [3.8, 4) is 0 Å². The van der Waals surface area contributed by atoms with Gasteiger partial charge in [0.15, 0.2) is 0 Å². The molecule has 1 heterocycles. The summed E-state index contributed by atoms with van der Waals surface area (Å²) < 4.78 is 0. The number of nitrogen functional groups attached to an aromatic ring is 1. The van der Waals surface area contributed by atoms with Crippen LogP contribution in [-0.2, 0) is 9.59 Å². The smallest absolute Gasteiger partial charge is 0.248 e. The third-order valence-corrected chi connectivity index (χ3v) is 6.27. The van der Waals surface area contributed by atoms with Crippen molar-refractivity contribution in [3.63, 3.8) is 0 Å². The number of hydrogen-bond acceptors (Lipinski definition) is 4. The first-order valence-corrected chi connectivity index (χ1v) is 11.5. The second kappa shape index (κ2) is 10.5. The van der Waals surface area contributed by atoms with Gasteiger partial charge in [-0.15, -0.1) is 0 Å². The third kappa shape index (κ3) is 5.65. The summed E-state index contributed by atoms with van der Waals surface area (Å²) in [5.74, 6) is -0.418. The van der Waals surface area contributed by atoms with Crippen LogP contribution >= 0.6 is 11.6 Å². The molecule has 4 N–H and O–H groups in total. The number of anilines is 3. The van der Waals surface area contributed by atoms with Crippen LogP contribution in [0.5, 0.6) is 0 Å². The molecule has 2 atom stereocenters. The van der Waals surface area contributed by atoms with E-state index < -0.39 is 0 Å². The molecule has 174 valence electrons. The van der Waals surface area contributed by atoms with Gasteiger partial charge in [0, 0.05) is 22.8 Å². The number of rotatable bonds is 6. The topological polar surface area (TPSA) is 87.5 Å². The zero-order valence-corrected chi connectivity index (χ0v) is 19.6. The van der Waals surface area contributed by atoms with Crippen molar-refractivity contribution in [3.05, 3.63) is 95.0 Å². The minimum Gasteiger partial charge on any atom is -0.397 e. The summed E-state index contributed by atoms with van der Waals surface area (Å²) in [5.41, 5.74) is 9.66. The maximum absolute atomic E-state index is 13.0. The van der Waals surface area contributed by atoms with E-state index >= 15 is 0 Å². The number of benzene rings is 3. The molecule has 2 amide bonds. The lowest BCUT2D eigenvalue weighted by molar-refractivity contribution is -0.120. The summed E-state index contributed by atoms with van der Waals surface area (Å²) in [6, 6.07) is 22.2. The molecule has 1 saturated heterocycles. The highest BCUT2D eigenvalue weighted by molar-refractivity contribution is 6.30. The molecule has 7 heteroatoms. The zero-order chi connectivity index (χ0) is 24.1. The second-order valence-electron chi connectivity index (χ2n) is 8.39. The predicted molar refractivity (Wildman–Crippen MR) is 139 cm³/mol. The van der Waals surface area contributed by atoms with Crippen molar-refractivity contribution >= 4 is 46.6 Å². The minimum atomic E-state index is -0.253. The fourth-order valence-electron chi connectivity index (χ4n) is 4.24. The first-order valence-electron chi connectivity index (χ1n) is 11.1. The number of halogens is 1. The number of para-hydroxylation sites is 2. The molecule has 0 radical (unpaired) electrons. The van der Waals surface area contributed by atoms with Crippen molar-refractivity contribution in [1.29, 1.82) is 0 Å². The van der Waals surface area contributed by atoms with Gasteiger partial charge in [-0.3, -0.25) is 14.5 Å². The van der Waals surface area contributed by atoms with Crippen LogP contribution in [0.1, 0.15) is 23.6 Å². The molecule has 0 aliphatic carbocycles. The number of nitrogens with one attached hydrogen (secondary N) is 2. The highest BCUT2D eigenvalue weighted by Crippen LogP contribution is 2.37. The van der Waals surface area contributed by atoms with Gasteiger partial charge in [0.05, 0.1) is 17.3 Å². The van der Waals surface area contributed by atoms with Crippen LogP contribution in [0.25, 0.3) is 6.08 Å². The normalized spacial score (nSPS) is 18.2. The summed E-state index contributed by atoms with van der Waals surface area (Å²) >= 11 is 5.94. The molecular formula is C27H27ClN4O2. The van der Waals surface area contributed by atoms with Crippen molar-refractivity contribution in [2.45, 2.75) is 12.5 Å². The van der Waals surface area contributed by atoms with Gasteiger partial charge in [-0.2, -0.15) is 0 Å². The number of carbonyl (C=O) groups is 2. The van der Waals surface area contributed by atoms with E-state index in [9.17, 15) is 9.59 Å². The van der Waals surface area contributed by atoms with E-state index in [-0.39, 0.29) is 23.8 Å². The van der Waals surface area contributed by atoms with Crippen molar-refractivity contribution in [1.82, 2.24) is 4.90 Å². The highest BCUT2D eigenvalue weighted by Gasteiger charge is 2.37. The molecule has 1 unspecified atom stereocenters. The molecule has 1 aliphatic rings. The first kappa shape index (κ1) is 23.5. The molecular weight excluding hydrogens is 448 g/mol. The van der Waals surface area contributed by atoms with Gasteiger partial charge in [-0.1, -0.05) is 48.0 Å². The number of carbonyl (C=O) groups excluding carboxylic acids is 2. The first-order chi connectivity index (χ1) is 16.4. The van der Waals surface area contributed by atoms with E-state index in [1.54, 1.807) is 42.5 Å². The molecule has 1 aliphatic heterocycles. The van der Waals surface area contributed by atoms with E-state index in [0.717, 1.165) is 29.8 Å². The molecule has 1 fully saturated rings. The minimum absolute atomic E-state index is 0.00231. The van der Waals surface area contributed by atoms with Crippen LogP contribution in [0, 0.1) is 5.92 Å². The number of hydrogen-bond donors (Lipinski definition) is 3. The Morgan fingerprint density at radius 3 is 2.41 bits per heavy atom. The van der Waals surface area contributed by atoms with E-state index in [0.29, 0.717) is 16.4 Å². The maximum Gasteiger partial charge on any atom is 0.248 e. The molecule has 0 saturated carbocycles. The molecule has 3 aromatic carbocycles. The molecule has 0 spiro atoms. The van der Waals surface area contributed by atoms with Crippen molar-refractivity contribution < 1.29 is 9.59 Å². The third-order valence-electron chi connectivity index (χ3n) is 6.02. The Labute approximate surface area is 204 Å². The quantitative estimate of drug-likeness (QED) is 0.338. The summed E-state index contributed by atoms with van der Waals surface area (Å²) in [6.45, 7) is 0.841. The van der Waals surface area contributed by atoms with E-state index in [4.69, 9.17) is 17.3 Å². The number of nitrogens with zero attached hydrogens (tertiary/aromatic N) is 1.